The van der Waals surface area contributed by atoms with E-state index in [9.17, 15) is 4.39 Å². The molecule has 1 heterocycles. The molecule has 1 N–H and O–H groups in total. The Morgan fingerprint density at radius 1 is 1.11 bits per heavy atom. The third-order valence-electron chi connectivity index (χ3n) is 2.65. The highest BCUT2D eigenvalue weighted by molar-refractivity contribution is 9.10. The van der Waals surface area contributed by atoms with E-state index in [0.717, 1.165) is 15.5 Å². The third kappa shape index (κ3) is 1.97. The Balaban J connectivity index is 2.22. The Hall–Kier alpha value is -1.20. The van der Waals surface area contributed by atoms with Crippen LogP contribution in [-0.2, 0) is 0 Å². The average Bonchev–Trinajstić information content (AvgIpc) is 2.75. The number of imidazole rings is 1. The molecule has 0 spiro atoms. The van der Waals surface area contributed by atoms with Crippen molar-refractivity contribution >= 4 is 42.9 Å². The Bertz CT molecular complexity index is 737. The van der Waals surface area contributed by atoms with Gasteiger partial charge < -0.3 is 4.98 Å². The number of halogens is 3. The molecule has 2 nitrogen and oxygen atoms in total. The fourth-order valence-electron chi connectivity index (χ4n) is 1.80. The van der Waals surface area contributed by atoms with Gasteiger partial charge in [-0.15, -0.1) is 0 Å². The van der Waals surface area contributed by atoms with Crippen molar-refractivity contribution in [2.45, 2.75) is 0 Å². The number of fused-ring (bicyclic) bond motifs is 1. The highest BCUT2D eigenvalue weighted by Crippen LogP contribution is 2.28. The molecule has 0 aliphatic rings. The van der Waals surface area contributed by atoms with E-state index in [1.807, 2.05) is 18.2 Å². The number of aromatic nitrogens is 2. The minimum atomic E-state index is -0.310. The van der Waals surface area contributed by atoms with Crippen molar-refractivity contribution in [3.05, 3.63) is 51.2 Å². The minimum Gasteiger partial charge on any atom is -0.338 e. The summed E-state index contributed by atoms with van der Waals surface area (Å²) >= 11 is 6.57. The van der Waals surface area contributed by atoms with Gasteiger partial charge in [0.25, 0.3) is 0 Å². The number of benzene rings is 2. The number of H-pyrrole nitrogens is 1. The van der Waals surface area contributed by atoms with E-state index in [0.29, 0.717) is 15.9 Å². The number of aromatic amines is 1. The second-order valence-corrected chi connectivity index (χ2v) is 5.62. The third-order valence-corrected chi connectivity index (χ3v) is 3.76. The number of rotatable bonds is 1. The SMILES string of the molecule is Fc1c(Br)cccc1-c1nc2ccc(Br)cc2[nH]1. The standard InChI is InChI=1S/C13H7Br2FN2/c14-7-4-5-10-11(6-7)18-13(17-10)8-2-1-3-9(15)12(8)16/h1-6H,(H,17,18). The van der Waals surface area contributed by atoms with Gasteiger partial charge in [0.05, 0.1) is 21.1 Å². The summed E-state index contributed by atoms with van der Waals surface area (Å²) in [6.07, 6.45) is 0. The van der Waals surface area contributed by atoms with Crippen LogP contribution in [-0.4, -0.2) is 9.97 Å². The van der Waals surface area contributed by atoms with Gasteiger partial charge in [0.15, 0.2) is 0 Å². The first kappa shape index (κ1) is 11.9. The highest BCUT2D eigenvalue weighted by Gasteiger charge is 2.12. The highest BCUT2D eigenvalue weighted by atomic mass is 79.9. The van der Waals surface area contributed by atoms with E-state index < -0.39 is 0 Å². The molecule has 3 aromatic rings. The summed E-state index contributed by atoms with van der Waals surface area (Å²) in [5, 5.41) is 0. The zero-order valence-electron chi connectivity index (χ0n) is 9.05. The lowest BCUT2D eigenvalue weighted by molar-refractivity contribution is 0.623. The predicted octanol–water partition coefficient (Wildman–Crippen LogP) is 4.89. The summed E-state index contributed by atoms with van der Waals surface area (Å²) in [7, 11) is 0. The normalized spacial score (nSPS) is 11.1. The largest absolute Gasteiger partial charge is 0.338 e. The molecule has 18 heavy (non-hydrogen) atoms. The van der Waals surface area contributed by atoms with E-state index in [1.54, 1.807) is 18.2 Å². The van der Waals surface area contributed by atoms with Crippen LogP contribution in [0.15, 0.2) is 45.3 Å². The molecule has 0 atom stereocenters. The Labute approximate surface area is 119 Å². The van der Waals surface area contributed by atoms with Crippen molar-refractivity contribution in [1.29, 1.82) is 0 Å². The van der Waals surface area contributed by atoms with Crippen LogP contribution in [0.4, 0.5) is 4.39 Å². The van der Waals surface area contributed by atoms with Crippen LogP contribution in [0.2, 0.25) is 0 Å². The predicted molar refractivity (Wildman–Crippen MR) is 76.9 cm³/mol. The lowest BCUT2D eigenvalue weighted by Gasteiger charge is -2.00. The zero-order valence-corrected chi connectivity index (χ0v) is 12.2. The molecule has 5 heteroatoms. The zero-order chi connectivity index (χ0) is 12.7. The van der Waals surface area contributed by atoms with Gasteiger partial charge in [-0.2, -0.15) is 0 Å². The summed E-state index contributed by atoms with van der Waals surface area (Å²) < 4.78 is 15.4. The first-order chi connectivity index (χ1) is 8.65. The van der Waals surface area contributed by atoms with E-state index in [-0.39, 0.29) is 5.82 Å². The molecule has 90 valence electrons. The molecule has 0 saturated heterocycles. The molecule has 0 aliphatic carbocycles. The van der Waals surface area contributed by atoms with Crippen molar-refractivity contribution in [3.8, 4) is 11.4 Å². The van der Waals surface area contributed by atoms with Gasteiger partial charge in [-0.3, -0.25) is 0 Å². The number of nitrogens with one attached hydrogen (secondary N) is 1. The van der Waals surface area contributed by atoms with Crippen molar-refractivity contribution < 1.29 is 4.39 Å². The van der Waals surface area contributed by atoms with Crippen molar-refractivity contribution in [2.24, 2.45) is 0 Å². The molecule has 0 unspecified atom stereocenters. The molecular weight excluding hydrogens is 363 g/mol. The fraction of sp³-hybridized carbons (Fsp3) is 0. The van der Waals surface area contributed by atoms with Crippen LogP contribution in [0.3, 0.4) is 0 Å². The molecule has 0 amide bonds. The maximum absolute atomic E-state index is 14.0. The molecule has 0 fully saturated rings. The maximum atomic E-state index is 14.0. The summed E-state index contributed by atoms with van der Waals surface area (Å²) in [6, 6.07) is 10.9. The van der Waals surface area contributed by atoms with Gasteiger partial charge in [0.1, 0.15) is 11.6 Å². The quantitative estimate of drug-likeness (QED) is 0.649. The lowest BCUT2D eigenvalue weighted by atomic mass is 10.2. The number of nitrogens with zero attached hydrogens (tertiary/aromatic N) is 1. The van der Waals surface area contributed by atoms with Crippen molar-refractivity contribution in [1.82, 2.24) is 9.97 Å². The fourth-order valence-corrected chi connectivity index (χ4v) is 2.52. The Kier molecular flexibility index (Phi) is 2.95. The van der Waals surface area contributed by atoms with Gasteiger partial charge in [-0.05, 0) is 46.3 Å². The van der Waals surface area contributed by atoms with Crippen molar-refractivity contribution in [2.75, 3.05) is 0 Å². The summed E-state index contributed by atoms with van der Waals surface area (Å²) in [4.78, 5) is 7.51. The Morgan fingerprint density at radius 2 is 1.94 bits per heavy atom. The van der Waals surface area contributed by atoms with Crippen LogP contribution in [0.25, 0.3) is 22.4 Å². The molecular formula is C13H7Br2FN2. The molecule has 0 radical (unpaired) electrons. The summed E-state index contributed by atoms with van der Waals surface area (Å²) in [6.45, 7) is 0. The summed E-state index contributed by atoms with van der Waals surface area (Å²) in [5.74, 6) is 0.220. The number of hydrogen-bond acceptors (Lipinski definition) is 1. The van der Waals surface area contributed by atoms with Crippen LogP contribution in [0, 0.1) is 5.82 Å². The van der Waals surface area contributed by atoms with Crippen molar-refractivity contribution in [3.63, 3.8) is 0 Å². The Morgan fingerprint density at radius 3 is 2.78 bits per heavy atom. The van der Waals surface area contributed by atoms with E-state index in [4.69, 9.17) is 0 Å². The van der Waals surface area contributed by atoms with Crippen LogP contribution in [0.5, 0.6) is 0 Å². The van der Waals surface area contributed by atoms with Crippen LogP contribution >= 0.6 is 31.9 Å². The monoisotopic (exact) mass is 368 g/mol. The molecule has 0 saturated carbocycles. The summed E-state index contributed by atoms with van der Waals surface area (Å²) in [5.41, 5.74) is 2.14. The van der Waals surface area contributed by atoms with Crippen LogP contribution < -0.4 is 0 Å². The molecule has 3 rings (SSSR count). The van der Waals surface area contributed by atoms with E-state index in [2.05, 4.69) is 41.8 Å². The maximum Gasteiger partial charge on any atom is 0.148 e. The minimum absolute atomic E-state index is 0.310. The van der Waals surface area contributed by atoms with E-state index >= 15 is 0 Å². The van der Waals surface area contributed by atoms with Gasteiger partial charge in [0.2, 0.25) is 0 Å². The lowest BCUT2D eigenvalue weighted by Crippen LogP contribution is -1.87. The topological polar surface area (TPSA) is 28.7 Å². The van der Waals surface area contributed by atoms with Gasteiger partial charge >= 0.3 is 0 Å². The average molecular weight is 370 g/mol. The second kappa shape index (κ2) is 4.48. The smallest absolute Gasteiger partial charge is 0.148 e. The first-order valence-electron chi connectivity index (χ1n) is 5.25. The van der Waals surface area contributed by atoms with Gasteiger partial charge in [0, 0.05) is 4.47 Å². The second-order valence-electron chi connectivity index (χ2n) is 3.85. The first-order valence-corrected chi connectivity index (χ1v) is 6.83. The molecule has 1 aromatic heterocycles. The van der Waals surface area contributed by atoms with Crippen LogP contribution in [0.1, 0.15) is 0 Å². The van der Waals surface area contributed by atoms with E-state index in [1.165, 1.54) is 0 Å². The van der Waals surface area contributed by atoms with Gasteiger partial charge in [-0.1, -0.05) is 22.0 Å². The molecule has 2 aromatic carbocycles. The number of hydrogen-bond donors (Lipinski definition) is 1. The molecule has 0 bridgehead atoms. The van der Waals surface area contributed by atoms with Gasteiger partial charge in [-0.25, -0.2) is 9.37 Å². The molecule has 0 aliphatic heterocycles.